The Kier molecular flexibility index (Phi) is 5.14. The van der Waals surface area contributed by atoms with Gasteiger partial charge in [0.25, 0.3) is 0 Å². The van der Waals surface area contributed by atoms with Gasteiger partial charge in [0.05, 0.1) is 4.47 Å². The lowest BCUT2D eigenvalue weighted by atomic mass is 10.2. The molecule has 0 amide bonds. The van der Waals surface area contributed by atoms with E-state index in [4.69, 9.17) is 9.84 Å². The maximum atomic E-state index is 13.4. The molecule has 0 atom stereocenters. The van der Waals surface area contributed by atoms with Crippen LogP contribution >= 0.6 is 31.9 Å². The van der Waals surface area contributed by atoms with Crippen molar-refractivity contribution in [1.82, 2.24) is 0 Å². The number of hydrogen-bond donors (Lipinski definition) is 1. The number of benzene rings is 2. The van der Waals surface area contributed by atoms with E-state index in [-0.39, 0.29) is 0 Å². The van der Waals surface area contributed by atoms with Crippen LogP contribution in [0.1, 0.15) is 5.56 Å². The molecule has 3 nitrogen and oxygen atoms in total. The van der Waals surface area contributed by atoms with Crippen LogP contribution in [0.4, 0.5) is 4.39 Å². The van der Waals surface area contributed by atoms with Crippen LogP contribution in [0.3, 0.4) is 0 Å². The first-order valence-electron chi connectivity index (χ1n) is 5.79. The zero-order valence-electron chi connectivity index (χ0n) is 10.5. The normalized spacial score (nSPS) is 10.8. The number of rotatable bonds is 4. The van der Waals surface area contributed by atoms with E-state index in [1.807, 2.05) is 0 Å². The second kappa shape index (κ2) is 6.87. The fourth-order valence-corrected chi connectivity index (χ4v) is 2.28. The Morgan fingerprint density at radius 1 is 1.10 bits per heavy atom. The average Bonchev–Trinajstić information content (AvgIpc) is 2.42. The molecule has 0 fully saturated rings. The van der Waals surface area contributed by atoms with E-state index in [2.05, 4.69) is 31.9 Å². The lowest BCUT2D eigenvalue weighted by Gasteiger charge is -2.08. The van der Waals surface area contributed by atoms with Gasteiger partial charge in [-0.3, -0.25) is 0 Å². The third-order valence-electron chi connectivity index (χ3n) is 2.50. The average molecular weight is 416 g/mol. The van der Waals surface area contributed by atoms with Gasteiger partial charge in [-0.25, -0.2) is 9.18 Å². The van der Waals surface area contributed by atoms with Crippen molar-refractivity contribution in [3.05, 3.63) is 62.8 Å². The number of aliphatic carboxylic acids is 1. The van der Waals surface area contributed by atoms with Crippen molar-refractivity contribution in [3.8, 4) is 11.5 Å². The molecule has 2 aromatic rings. The molecule has 0 aromatic heterocycles. The predicted octanol–water partition coefficient (Wildman–Crippen LogP) is 5.24. The fourth-order valence-electron chi connectivity index (χ4n) is 1.54. The Morgan fingerprint density at radius 2 is 1.76 bits per heavy atom. The summed E-state index contributed by atoms with van der Waals surface area (Å²) in [6.45, 7) is 0. The second-order valence-electron chi connectivity index (χ2n) is 4.03. The van der Waals surface area contributed by atoms with Gasteiger partial charge in [-0.1, -0.05) is 22.0 Å². The highest BCUT2D eigenvalue weighted by Crippen LogP contribution is 2.29. The van der Waals surface area contributed by atoms with Gasteiger partial charge in [-0.05, 0) is 51.8 Å². The molecule has 0 saturated carbocycles. The Bertz CT molecular complexity index is 714. The van der Waals surface area contributed by atoms with Crippen molar-refractivity contribution in [3.63, 3.8) is 0 Å². The highest BCUT2D eigenvalue weighted by molar-refractivity contribution is 9.10. The van der Waals surface area contributed by atoms with E-state index < -0.39 is 11.8 Å². The number of carbonyl (C=O) groups is 1. The molecule has 21 heavy (non-hydrogen) atoms. The predicted molar refractivity (Wildman–Crippen MR) is 85.0 cm³/mol. The molecule has 0 unspecified atom stereocenters. The Hall–Kier alpha value is -1.66. The zero-order chi connectivity index (χ0) is 15.4. The molecule has 0 saturated heterocycles. The van der Waals surface area contributed by atoms with Gasteiger partial charge >= 0.3 is 5.97 Å². The van der Waals surface area contributed by atoms with Crippen LogP contribution < -0.4 is 4.74 Å². The topological polar surface area (TPSA) is 46.5 Å². The van der Waals surface area contributed by atoms with Crippen LogP contribution in [0.25, 0.3) is 6.08 Å². The molecule has 0 bridgehead atoms. The number of ether oxygens (including phenoxy) is 1. The molecular formula is C15H9Br2FO3. The Labute approximate surface area is 137 Å². The molecule has 6 heteroatoms. The summed E-state index contributed by atoms with van der Waals surface area (Å²) >= 11 is 6.40. The van der Waals surface area contributed by atoms with Gasteiger partial charge in [-0.2, -0.15) is 0 Å². The smallest absolute Gasteiger partial charge is 0.328 e. The van der Waals surface area contributed by atoms with Gasteiger partial charge in [0.15, 0.2) is 0 Å². The Morgan fingerprint density at radius 3 is 2.38 bits per heavy atom. The van der Waals surface area contributed by atoms with Gasteiger partial charge < -0.3 is 9.84 Å². The third kappa shape index (κ3) is 4.41. The summed E-state index contributed by atoms with van der Waals surface area (Å²) in [5.41, 5.74) is 0.701. The molecule has 0 heterocycles. The third-order valence-corrected chi connectivity index (χ3v) is 3.83. The molecule has 108 valence electrons. The van der Waals surface area contributed by atoms with Crippen LogP contribution in [0, 0.1) is 5.82 Å². The molecule has 0 radical (unpaired) electrons. The van der Waals surface area contributed by atoms with Crippen molar-refractivity contribution in [2.24, 2.45) is 0 Å². The van der Waals surface area contributed by atoms with Crippen LogP contribution in [-0.2, 0) is 4.79 Å². The van der Waals surface area contributed by atoms with Gasteiger partial charge in [-0.15, -0.1) is 0 Å². The summed E-state index contributed by atoms with van der Waals surface area (Å²) in [6.07, 6.45) is 2.51. The molecule has 2 rings (SSSR count). The molecule has 0 spiro atoms. The van der Waals surface area contributed by atoms with Gasteiger partial charge in [0.2, 0.25) is 0 Å². The maximum Gasteiger partial charge on any atom is 0.328 e. The molecule has 0 aliphatic rings. The summed E-state index contributed by atoms with van der Waals surface area (Å²) in [4.78, 5) is 10.5. The highest BCUT2D eigenvalue weighted by atomic mass is 79.9. The zero-order valence-corrected chi connectivity index (χ0v) is 13.7. The van der Waals surface area contributed by atoms with Crippen molar-refractivity contribution in [1.29, 1.82) is 0 Å². The lowest BCUT2D eigenvalue weighted by Crippen LogP contribution is -1.88. The monoisotopic (exact) mass is 414 g/mol. The second-order valence-corrected chi connectivity index (χ2v) is 5.74. The van der Waals surface area contributed by atoms with Gasteiger partial charge in [0, 0.05) is 16.6 Å². The van der Waals surface area contributed by atoms with Crippen LogP contribution in [0.2, 0.25) is 0 Å². The molecule has 0 aliphatic carbocycles. The van der Waals surface area contributed by atoms with E-state index >= 15 is 0 Å². The van der Waals surface area contributed by atoms with Crippen molar-refractivity contribution in [2.75, 3.05) is 0 Å². The molecule has 1 N–H and O–H groups in total. The summed E-state index contributed by atoms with van der Waals surface area (Å²) in [5, 5.41) is 8.60. The first-order chi connectivity index (χ1) is 9.95. The van der Waals surface area contributed by atoms with Crippen LogP contribution in [0.5, 0.6) is 11.5 Å². The minimum Gasteiger partial charge on any atom is -0.478 e. The minimum atomic E-state index is -1.02. The lowest BCUT2D eigenvalue weighted by molar-refractivity contribution is -0.131. The van der Waals surface area contributed by atoms with E-state index in [0.29, 0.717) is 26.0 Å². The van der Waals surface area contributed by atoms with E-state index in [1.54, 1.807) is 30.3 Å². The maximum absolute atomic E-state index is 13.4. The SMILES string of the molecule is O=C(O)/C=C/c1ccc(Oc2ccc(Br)c(F)c2)cc1Br. The standard InChI is InChI=1S/C15H9Br2FO3/c16-12-5-4-11(8-14(12)18)21-10-3-1-9(13(17)7-10)2-6-15(19)20/h1-8H,(H,19,20)/b6-2+. The van der Waals surface area contributed by atoms with E-state index in [9.17, 15) is 9.18 Å². The fraction of sp³-hybridized carbons (Fsp3) is 0. The van der Waals surface area contributed by atoms with E-state index in [0.717, 1.165) is 6.08 Å². The summed E-state index contributed by atoms with van der Waals surface area (Å²) in [7, 11) is 0. The van der Waals surface area contributed by atoms with Crippen molar-refractivity contribution < 1.29 is 19.0 Å². The molecule has 2 aromatic carbocycles. The van der Waals surface area contributed by atoms with Gasteiger partial charge in [0.1, 0.15) is 17.3 Å². The highest BCUT2D eigenvalue weighted by Gasteiger charge is 2.05. The van der Waals surface area contributed by atoms with E-state index in [1.165, 1.54) is 12.1 Å². The number of hydrogen-bond acceptors (Lipinski definition) is 2. The first-order valence-corrected chi connectivity index (χ1v) is 7.38. The number of carboxylic acid groups (broad SMARTS) is 1. The van der Waals surface area contributed by atoms with Crippen molar-refractivity contribution >= 4 is 43.9 Å². The number of carboxylic acids is 1. The molecule has 0 aliphatic heterocycles. The van der Waals surface area contributed by atoms with Crippen molar-refractivity contribution in [2.45, 2.75) is 0 Å². The quantitative estimate of drug-likeness (QED) is 0.694. The Balaban J connectivity index is 2.20. The minimum absolute atomic E-state index is 0.366. The number of halogens is 3. The summed E-state index contributed by atoms with van der Waals surface area (Å²) < 4.78 is 20.0. The first kappa shape index (κ1) is 15.7. The summed E-state index contributed by atoms with van der Waals surface area (Å²) in [6, 6.07) is 9.53. The van der Waals surface area contributed by atoms with Crippen LogP contribution in [-0.4, -0.2) is 11.1 Å². The summed E-state index contributed by atoms with van der Waals surface area (Å²) in [5.74, 6) is -0.548. The molecular weight excluding hydrogens is 407 g/mol. The van der Waals surface area contributed by atoms with Crippen LogP contribution in [0.15, 0.2) is 51.4 Å². The largest absolute Gasteiger partial charge is 0.478 e.